The molecule has 0 radical (unpaired) electrons. The highest BCUT2D eigenvalue weighted by Crippen LogP contribution is 2.39. The van der Waals surface area contributed by atoms with Gasteiger partial charge in [-0.2, -0.15) is 0 Å². The summed E-state index contributed by atoms with van der Waals surface area (Å²) in [7, 11) is 0. The highest BCUT2D eigenvalue weighted by molar-refractivity contribution is 8.06. The van der Waals surface area contributed by atoms with Crippen molar-refractivity contribution in [2.75, 3.05) is 6.73 Å². The summed E-state index contributed by atoms with van der Waals surface area (Å²) < 4.78 is 14.3. The number of hydrogen-bond acceptors (Lipinski definition) is 7. The van der Waals surface area contributed by atoms with Gasteiger partial charge in [0.15, 0.2) is 6.10 Å². The van der Waals surface area contributed by atoms with Gasteiger partial charge in [0.25, 0.3) is 0 Å². The number of ether oxygens (including phenoxy) is 2. The van der Waals surface area contributed by atoms with Gasteiger partial charge in [-0.25, -0.2) is 5.43 Å². The molecule has 0 saturated carbocycles. The van der Waals surface area contributed by atoms with E-state index in [-0.39, 0.29) is 6.73 Å². The monoisotopic (exact) mass is 274 g/mol. The Morgan fingerprint density at radius 3 is 2.56 bits per heavy atom. The van der Waals surface area contributed by atoms with Crippen LogP contribution in [-0.4, -0.2) is 34.9 Å². The Morgan fingerprint density at radius 2 is 2.19 bits per heavy atom. The first-order chi connectivity index (χ1) is 7.26. The molecule has 0 aromatic rings. The smallest absolute Gasteiger partial charge is 0.324 e. The largest absolute Gasteiger partial charge is 0.457 e. The van der Waals surface area contributed by atoms with E-state index in [2.05, 4.69) is 21.8 Å². The standard InChI is InChI=1S/C6H15N2O6PS/c1-4(13-5(2)9)6(12-3-8-7)14-15(10,11)16/h4,6,8H,3,7H2,1-2H3,(H2,10,11,16)/t4-,6-/m1/s1. The summed E-state index contributed by atoms with van der Waals surface area (Å²) >= 11 is 4.27. The lowest BCUT2D eigenvalue weighted by Gasteiger charge is -2.25. The van der Waals surface area contributed by atoms with E-state index in [1.54, 1.807) is 0 Å². The molecular formula is C6H15N2O6PS. The maximum atomic E-state index is 10.7. The normalized spacial score (nSPS) is 15.6. The average Bonchev–Trinajstić information content (AvgIpc) is 2.09. The van der Waals surface area contributed by atoms with Crippen LogP contribution < -0.4 is 11.3 Å². The van der Waals surface area contributed by atoms with Crippen LogP contribution in [0.25, 0.3) is 0 Å². The molecule has 0 bridgehead atoms. The van der Waals surface area contributed by atoms with Crippen LogP contribution >= 0.6 is 6.72 Å². The van der Waals surface area contributed by atoms with E-state index >= 15 is 0 Å². The van der Waals surface area contributed by atoms with Crippen LogP contribution in [0.5, 0.6) is 0 Å². The van der Waals surface area contributed by atoms with Gasteiger partial charge in [0.1, 0.15) is 6.73 Å². The summed E-state index contributed by atoms with van der Waals surface area (Å²) in [6.07, 6.45) is -2.06. The molecule has 5 N–H and O–H groups in total. The molecule has 10 heteroatoms. The third-order valence-electron chi connectivity index (χ3n) is 1.31. The lowest BCUT2D eigenvalue weighted by Crippen LogP contribution is -2.37. The number of nitrogens with two attached hydrogens (primary N) is 1. The fraction of sp³-hybridized carbons (Fsp3) is 0.833. The molecule has 16 heavy (non-hydrogen) atoms. The maximum absolute atomic E-state index is 10.7. The third-order valence-corrected chi connectivity index (χ3v) is 2.05. The van der Waals surface area contributed by atoms with Crippen LogP contribution in [0.15, 0.2) is 0 Å². The predicted octanol–water partition coefficient (Wildman–Crippen LogP) is -1.07. The summed E-state index contributed by atoms with van der Waals surface area (Å²) in [5.41, 5.74) is 2.16. The minimum absolute atomic E-state index is 0.133. The number of carbonyl (C=O) groups is 1. The highest BCUT2D eigenvalue weighted by atomic mass is 32.5. The van der Waals surface area contributed by atoms with Gasteiger partial charge in [0.05, 0.1) is 0 Å². The lowest BCUT2D eigenvalue weighted by molar-refractivity contribution is -0.180. The zero-order valence-corrected chi connectivity index (χ0v) is 10.5. The number of carbonyl (C=O) groups excluding carboxylic acids is 1. The van der Waals surface area contributed by atoms with E-state index in [0.29, 0.717) is 0 Å². The van der Waals surface area contributed by atoms with Crippen molar-refractivity contribution in [3.05, 3.63) is 0 Å². The van der Waals surface area contributed by atoms with Crippen LogP contribution in [0.4, 0.5) is 0 Å². The minimum atomic E-state index is -3.91. The topological polar surface area (TPSA) is 123 Å². The van der Waals surface area contributed by atoms with Gasteiger partial charge in [0, 0.05) is 6.92 Å². The Balaban J connectivity index is 4.40. The molecule has 0 aromatic carbocycles. The van der Waals surface area contributed by atoms with E-state index in [1.807, 2.05) is 0 Å². The van der Waals surface area contributed by atoms with Crippen LogP contribution in [-0.2, 0) is 30.6 Å². The molecule has 0 aliphatic carbocycles. The molecule has 0 aliphatic rings. The minimum Gasteiger partial charge on any atom is -0.457 e. The van der Waals surface area contributed by atoms with Crippen molar-refractivity contribution in [1.29, 1.82) is 0 Å². The van der Waals surface area contributed by atoms with Gasteiger partial charge in [0.2, 0.25) is 6.29 Å². The second-order valence-corrected chi connectivity index (χ2v) is 5.41. The summed E-state index contributed by atoms with van der Waals surface area (Å²) in [5.74, 6) is 4.40. The van der Waals surface area contributed by atoms with Crippen LogP contribution in [0.3, 0.4) is 0 Å². The van der Waals surface area contributed by atoms with Crippen molar-refractivity contribution in [1.82, 2.24) is 5.43 Å². The zero-order valence-electron chi connectivity index (χ0n) is 8.82. The Hall–Kier alpha value is -0.120. The van der Waals surface area contributed by atoms with Crippen LogP contribution in [0, 0.1) is 0 Å². The Bertz CT molecular complexity index is 272. The molecule has 0 amide bonds. The van der Waals surface area contributed by atoms with Gasteiger partial charge in [-0.15, -0.1) is 0 Å². The quantitative estimate of drug-likeness (QED) is 0.151. The second kappa shape index (κ2) is 7.25. The molecule has 0 spiro atoms. The molecule has 0 unspecified atom stereocenters. The summed E-state index contributed by atoms with van der Waals surface area (Å²) in [5, 5.41) is 0. The van der Waals surface area contributed by atoms with Gasteiger partial charge in [-0.3, -0.25) is 15.2 Å². The Labute approximate surface area is 97.9 Å². The summed E-state index contributed by atoms with van der Waals surface area (Å²) in [4.78, 5) is 28.6. The molecule has 0 fully saturated rings. The number of hydrogen-bond donors (Lipinski definition) is 4. The lowest BCUT2D eigenvalue weighted by atomic mass is 10.4. The Kier molecular flexibility index (Phi) is 7.20. The first-order valence-corrected chi connectivity index (χ1v) is 6.85. The van der Waals surface area contributed by atoms with Crippen molar-refractivity contribution in [2.24, 2.45) is 5.84 Å². The number of hydrazine groups is 1. The SMILES string of the molecule is CC(=O)O[C@H](C)[C@H](OCNN)OP(O)(O)=S. The van der Waals surface area contributed by atoms with Gasteiger partial charge >= 0.3 is 12.7 Å². The van der Waals surface area contributed by atoms with E-state index in [1.165, 1.54) is 13.8 Å². The van der Waals surface area contributed by atoms with Crippen molar-refractivity contribution < 1.29 is 28.6 Å². The van der Waals surface area contributed by atoms with Crippen LogP contribution in [0.2, 0.25) is 0 Å². The van der Waals surface area contributed by atoms with Gasteiger partial charge < -0.3 is 19.3 Å². The van der Waals surface area contributed by atoms with E-state index < -0.39 is 25.1 Å². The van der Waals surface area contributed by atoms with E-state index in [0.717, 1.165) is 0 Å². The molecule has 0 saturated heterocycles. The zero-order chi connectivity index (χ0) is 12.8. The molecule has 0 rings (SSSR count). The van der Waals surface area contributed by atoms with Crippen molar-refractivity contribution in [2.45, 2.75) is 26.2 Å². The van der Waals surface area contributed by atoms with Gasteiger partial charge in [-0.05, 0) is 18.7 Å². The van der Waals surface area contributed by atoms with Crippen LogP contribution in [0.1, 0.15) is 13.8 Å². The Morgan fingerprint density at radius 1 is 1.62 bits per heavy atom. The third kappa shape index (κ3) is 8.08. The predicted molar refractivity (Wildman–Crippen MR) is 58.1 cm³/mol. The maximum Gasteiger partial charge on any atom is 0.324 e. The molecule has 8 nitrogen and oxygen atoms in total. The summed E-state index contributed by atoms with van der Waals surface area (Å²) in [6, 6.07) is 0. The molecule has 2 atom stereocenters. The molecule has 0 aliphatic heterocycles. The molecular weight excluding hydrogens is 259 g/mol. The number of nitrogens with one attached hydrogen (secondary N) is 1. The number of esters is 1. The fourth-order valence-electron chi connectivity index (χ4n) is 0.835. The van der Waals surface area contributed by atoms with Crippen molar-refractivity contribution in [3.8, 4) is 0 Å². The first-order valence-electron chi connectivity index (χ1n) is 4.22. The first kappa shape index (κ1) is 15.9. The number of rotatable bonds is 7. The highest BCUT2D eigenvalue weighted by Gasteiger charge is 2.26. The molecule has 96 valence electrons. The van der Waals surface area contributed by atoms with Gasteiger partial charge in [-0.1, -0.05) is 0 Å². The van der Waals surface area contributed by atoms with E-state index in [9.17, 15) is 4.79 Å². The molecule has 0 heterocycles. The summed E-state index contributed by atoms with van der Waals surface area (Å²) in [6.45, 7) is -1.40. The fourth-order valence-corrected chi connectivity index (χ4v) is 1.59. The van der Waals surface area contributed by atoms with Crippen molar-refractivity contribution in [3.63, 3.8) is 0 Å². The molecule has 0 aromatic heterocycles. The van der Waals surface area contributed by atoms with Crippen molar-refractivity contribution >= 4 is 24.5 Å². The van der Waals surface area contributed by atoms with E-state index in [4.69, 9.17) is 25.1 Å². The second-order valence-electron chi connectivity index (χ2n) is 2.79. The average molecular weight is 274 g/mol.